The van der Waals surface area contributed by atoms with Crippen molar-refractivity contribution in [1.82, 2.24) is 19.7 Å². The normalized spacial score (nSPS) is 11.9. The Labute approximate surface area is 121 Å². The summed E-state index contributed by atoms with van der Waals surface area (Å²) in [7, 11) is -3.37. The Kier molecular flexibility index (Phi) is 3.09. The smallest absolute Gasteiger partial charge is 0.201 e. The highest BCUT2D eigenvalue weighted by atomic mass is 32.2. The number of hydrogen-bond acceptors (Lipinski definition) is 6. The number of nitrogen functional groups attached to an aromatic ring is 1. The van der Waals surface area contributed by atoms with Gasteiger partial charge in [-0.2, -0.15) is 10.2 Å². The minimum absolute atomic E-state index is 0.171. The van der Waals surface area contributed by atoms with Gasteiger partial charge < -0.3 is 10.3 Å². The van der Waals surface area contributed by atoms with Crippen molar-refractivity contribution in [2.24, 2.45) is 0 Å². The highest BCUT2D eigenvalue weighted by Crippen LogP contribution is 2.25. The largest absolute Gasteiger partial charge is 0.369 e. The van der Waals surface area contributed by atoms with Crippen LogP contribution in [-0.4, -0.2) is 34.4 Å². The average molecular weight is 303 g/mol. The van der Waals surface area contributed by atoms with Gasteiger partial charge in [-0.1, -0.05) is 6.07 Å². The van der Waals surface area contributed by atoms with E-state index in [0.29, 0.717) is 23.3 Å². The molecule has 108 valence electrons. The van der Waals surface area contributed by atoms with Gasteiger partial charge in [0.2, 0.25) is 5.95 Å². The lowest BCUT2D eigenvalue weighted by Crippen LogP contribution is -2.06. The first-order valence-electron chi connectivity index (χ1n) is 6.18. The maximum Gasteiger partial charge on any atom is 0.201 e. The maximum absolute atomic E-state index is 11.8. The fourth-order valence-electron chi connectivity index (χ4n) is 2.18. The van der Waals surface area contributed by atoms with Gasteiger partial charge in [-0.05, 0) is 24.3 Å². The third kappa shape index (κ3) is 2.45. The zero-order valence-corrected chi connectivity index (χ0v) is 12.1. The van der Waals surface area contributed by atoms with E-state index in [1.54, 1.807) is 29.0 Å². The zero-order chi connectivity index (χ0) is 15.0. The molecule has 0 radical (unpaired) electrons. The van der Waals surface area contributed by atoms with Gasteiger partial charge in [0.05, 0.1) is 22.7 Å². The maximum atomic E-state index is 11.8. The van der Waals surface area contributed by atoms with Crippen molar-refractivity contribution in [2.45, 2.75) is 11.4 Å². The van der Waals surface area contributed by atoms with Gasteiger partial charge in [-0.25, -0.2) is 13.4 Å². The first kappa shape index (κ1) is 13.5. The van der Waals surface area contributed by atoms with E-state index in [-0.39, 0.29) is 10.8 Å². The number of benzene rings is 1. The molecule has 0 atom stereocenters. The van der Waals surface area contributed by atoms with Crippen LogP contribution in [-0.2, 0) is 16.4 Å². The van der Waals surface area contributed by atoms with Gasteiger partial charge in [0.15, 0.2) is 9.84 Å². The molecule has 0 unspecified atom stereocenters. The molecular formula is C13H13N5O2S. The molecule has 3 rings (SSSR count). The van der Waals surface area contributed by atoms with Crippen LogP contribution in [0, 0.1) is 0 Å². The fourth-order valence-corrected chi connectivity index (χ4v) is 3.01. The predicted molar refractivity (Wildman–Crippen MR) is 78.4 cm³/mol. The van der Waals surface area contributed by atoms with E-state index in [1.807, 2.05) is 6.07 Å². The molecule has 8 heteroatoms. The molecule has 0 fully saturated rings. The lowest BCUT2D eigenvalue weighted by atomic mass is 10.3. The van der Waals surface area contributed by atoms with Crippen molar-refractivity contribution < 1.29 is 8.42 Å². The monoisotopic (exact) mass is 303 g/mol. The van der Waals surface area contributed by atoms with Crippen LogP contribution < -0.4 is 5.73 Å². The Hall–Kier alpha value is -2.48. The van der Waals surface area contributed by atoms with Gasteiger partial charge in [0.1, 0.15) is 5.52 Å². The van der Waals surface area contributed by atoms with E-state index in [4.69, 9.17) is 5.73 Å². The number of anilines is 1. The molecule has 0 aliphatic heterocycles. The molecule has 0 spiro atoms. The molecular weight excluding hydrogens is 290 g/mol. The topological polar surface area (TPSA) is 104 Å². The van der Waals surface area contributed by atoms with Crippen molar-refractivity contribution in [3.8, 4) is 0 Å². The molecule has 2 heterocycles. The Balaban J connectivity index is 2.19. The highest BCUT2D eigenvalue weighted by molar-refractivity contribution is 7.91. The standard InChI is InChI=1S/C13H13N5O2S/c1-21(19,20)11-6-2-5-10-12(11)16-13(14)18(10)8-9-4-3-7-15-17-9/h2-7H,8H2,1H3,(H2,14,16). The van der Waals surface area contributed by atoms with Gasteiger partial charge >= 0.3 is 0 Å². The Morgan fingerprint density at radius 1 is 1.24 bits per heavy atom. The molecule has 0 amide bonds. The third-order valence-electron chi connectivity index (χ3n) is 3.12. The molecule has 2 aromatic heterocycles. The SMILES string of the molecule is CS(=O)(=O)c1cccc2c1nc(N)n2Cc1cccnn1. The molecule has 0 bridgehead atoms. The molecule has 1 aromatic carbocycles. The first-order chi connectivity index (χ1) is 9.97. The van der Waals surface area contributed by atoms with Crippen molar-refractivity contribution in [1.29, 1.82) is 0 Å². The van der Waals surface area contributed by atoms with Crippen LogP contribution >= 0.6 is 0 Å². The Morgan fingerprint density at radius 2 is 2.05 bits per heavy atom. The zero-order valence-electron chi connectivity index (χ0n) is 11.3. The number of fused-ring (bicyclic) bond motifs is 1. The van der Waals surface area contributed by atoms with Gasteiger partial charge in [0.25, 0.3) is 0 Å². The Morgan fingerprint density at radius 3 is 2.71 bits per heavy atom. The summed E-state index contributed by atoms with van der Waals surface area (Å²) >= 11 is 0. The number of sulfone groups is 1. The van der Waals surface area contributed by atoms with Gasteiger partial charge in [-0.3, -0.25) is 0 Å². The highest BCUT2D eigenvalue weighted by Gasteiger charge is 2.17. The molecule has 21 heavy (non-hydrogen) atoms. The average Bonchev–Trinajstić information content (AvgIpc) is 2.75. The molecule has 0 aliphatic rings. The molecule has 0 aliphatic carbocycles. The third-order valence-corrected chi connectivity index (χ3v) is 4.25. The second kappa shape index (κ2) is 4.81. The van der Waals surface area contributed by atoms with Crippen LogP contribution in [0.3, 0.4) is 0 Å². The second-order valence-corrected chi connectivity index (χ2v) is 6.65. The van der Waals surface area contributed by atoms with E-state index in [0.717, 1.165) is 6.26 Å². The summed E-state index contributed by atoms with van der Waals surface area (Å²) < 4.78 is 25.3. The summed E-state index contributed by atoms with van der Waals surface area (Å²) in [4.78, 5) is 4.36. The van der Waals surface area contributed by atoms with Crippen LogP contribution in [0.5, 0.6) is 0 Å². The number of nitrogens with zero attached hydrogens (tertiary/aromatic N) is 4. The van der Waals surface area contributed by atoms with Crippen LogP contribution in [0.25, 0.3) is 11.0 Å². The fraction of sp³-hybridized carbons (Fsp3) is 0.154. The van der Waals surface area contributed by atoms with E-state index >= 15 is 0 Å². The van der Waals surface area contributed by atoms with E-state index < -0.39 is 9.84 Å². The van der Waals surface area contributed by atoms with Crippen LogP contribution in [0.2, 0.25) is 0 Å². The summed E-state index contributed by atoms with van der Waals surface area (Å²) in [6, 6.07) is 8.58. The second-order valence-electron chi connectivity index (χ2n) is 4.67. The molecule has 3 aromatic rings. The minimum atomic E-state index is -3.37. The number of imidazole rings is 1. The Bertz CT molecular complexity index is 903. The summed E-state index contributed by atoms with van der Waals surface area (Å²) in [6.07, 6.45) is 2.74. The van der Waals surface area contributed by atoms with E-state index in [9.17, 15) is 8.42 Å². The summed E-state index contributed by atoms with van der Waals surface area (Å²) in [5.41, 5.74) is 7.67. The van der Waals surface area contributed by atoms with Crippen LogP contribution in [0.15, 0.2) is 41.4 Å². The van der Waals surface area contributed by atoms with Crippen molar-refractivity contribution in [2.75, 3.05) is 12.0 Å². The van der Waals surface area contributed by atoms with Crippen LogP contribution in [0.1, 0.15) is 5.69 Å². The van der Waals surface area contributed by atoms with Crippen LogP contribution in [0.4, 0.5) is 5.95 Å². The first-order valence-corrected chi connectivity index (χ1v) is 8.07. The van der Waals surface area contributed by atoms with Crippen molar-refractivity contribution in [3.63, 3.8) is 0 Å². The van der Waals surface area contributed by atoms with Gasteiger partial charge in [-0.15, -0.1) is 0 Å². The predicted octanol–water partition coefficient (Wildman–Crippen LogP) is 0.860. The summed E-state index contributed by atoms with van der Waals surface area (Å²) in [5, 5.41) is 7.81. The molecule has 0 saturated heterocycles. The molecule has 0 saturated carbocycles. The summed E-state index contributed by atoms with van der Waals surface area (Å²) in [6.45, 7) is 0.378. The van der Waals surface area contributed by atoms with Gasteiger partial charge in [0, 0.05) is 12.5 Å². The van der Waals surface area contributed by atoms with E-state index in [2.05, 4.69) is 15.2 Å². The number of nitrogens with two attached hydrogens (primary N) is 1. The quantitative estimate of drug-likeness (QED) is 0.769. The minimum Gasteiger partial charge on any atom is -0.369 e. The number of para-hydroxylation sites is 1. The lowest BCUT2D eigenvalue weighted by molar-refractivity contribution is 0.602. The summed E-state index contributed by atoms with van der Waals surface area (Å²) in [5.74, 6) is 0.242. The van der Waals surface area contributed by atoms with E-state index in [1.165, 1.54) is 6.07 Å². The number of hydrogen-bond donors (Lipinski definition) is 1. The number of rotatable bonds is 3. The lowest BCUT2D eigenvalue weighted by Gasteiger charge is -2.05. The molecule has 7 nitrogen and oxygen atoms in total. The number of aromatic nitrogens is 4. The van der Waals surface area contributed by atoms with Crippen molar-refractivity contribution >= 4 is 26.8 Å². The van der Waals surface area contributed by atoms with Crippen molar-refractivity contribution in [3.05, 3.63) is 42.2 Å². The molecule has 2 N–H and O–H groups in total.